The molecule has 0 aromatic carbocycles. The predicted molar refractivity (Wildman–Crippen MR) is 157 cm³/mol. The summed E-state index contributed by atoms with van der Waals surface area (Å²) in [5.41, 5.74) is 0. The highest BCUT2D eigenvalue weighted by atomic mass is 16.7. The Labute approximate surface area is 242 Å². The van der Waals surface area contributed by atoms with Crippen LogP contribution in [0.2, 0.25) is 0 Å². The van der Waals surface area contributed by atoms with Gasteiger partial charge in [0, 0.05) is 36.9 Å². The highest BCUT2D eigenvalue weighted by Gasteiger charge is 2.49. The molecule has 5 aliphatic rings. The van der Waals surface area contributed by atoms with Crippen molar-refractivity contribution in [2.45, 2.75) is 122 Å². The summed E-state index contributed by atoms with van der Waals surface area (Å²) >= 11 is 0. The maximum Gasteiger partial charge on any atom is 0.240 e. The van der Waals surface area contributed by atoms with E-state index in [4.69, 9.17) is 4.84 Å². The van der Waals surface area contributed by atoms with Crippen LogP contribution in [0, 0.1) is 53.3 Å². The molecule has 0 bridgehead atoms. The third kappa shape index (κ3) is 7.42. The lowest BCUT2D eigenvalue weighted by Gasteiger charge is -2.32. The molecule has 7 atom stereocenters. The topological polar surface area (TPSA) is 94.1 Å². The van der Waals surface area contributed by atoms with Crippen LogP contribution in [0.3, 0.4) is 0 Å². The molecule has 0 spiro atoms. The zero-order valence-electron chi connectivity index (χ0n) is 25.0. The van der Waals surface area contributed by atoms with Gasteiger partial charge in [-0.1, -0.05) is 31.6 Å². The molecule has 4 N–H and O–H groups in total. The van der Waals surface area contributed by atoms with Crippen molar-refractivity contribution in [3.05, 3.63) is 0 Å². The van der Waals surface area contributed by atoms with Gasteiger partial charge >= 0.3 is 0 Å². The Kier molecular flexibility index (Phi) is 10.9. The van der Waals surface area contributed by atoms with E-state index in [-0.39, 0.29) is 12.5 Å². The van der Waals surface area contributed by atoms with Crippen molar-refractivity contribution in [3.63, 3.8) is 0 Å². The molecule has 3 unspecified atom stereocenters. The van der Waals surface area contributed by atoms with Crippen molar-refractivity contribution >= 4 is 5.91 Å². The minimum absolute atomic E-state index is 0.0743. The summed E-state index contributed by atoms with van der Waals surface area (Å²) < 4.78 is 0. The van der Waals surface area contributed by atoms with Gasteiger partial charge in [-0.25, -0.2) is 0 Å². The van der Waals surface area contributed by atoms with Crippen molar-refractivity contribution in [1.82, 2.24) is 15.7 Å². The monoisotopic (exact) mass is 557 g/mol. The van der Waals surface area contributed by atoms with Crippen LogP contribution in [0.1, 0.15) is 97.3 Å². The second kappa shape index (κ2) is 14.3. The van der Waals surface area contributed by atoms with Gasteiger partial charge in [0.2, 0.25) is 5.91 Å². The molecule has 226 valence electrons. The Bertz CT molecular complexity index is 871. The standard InChI is InChI=1S/C33H55N3O4/c1-22-7-9-24(10-8-22)11-12-25-13-15-26(16-14-25)20-36-31(29(21-37)32(40-36)23(2)38)33(39)34-18-17-27-19-35-30-6-4-3-5-28(27)30/h22-32,35,37-38H,3-10,13-21H2,1-2H3,(H,34,39)/t22?,23-,24?,25?,26?,27?,28?,29-,30?,31-,32-/m0/s1. The van der Waals surface area contributed by atoms with E-state index in [2.05, 4.69) is 29.4 Å². The SMILES string of the molecule is CC1CCC(C#CC2CCC(CN3O[C@@H]([C@H](C)O)[C@@H](CO)[C@H]3C(=O)NCCC3CNC4CCCCC34)CC2)CC1. The second-order valence-corrected chi connectivity index (χ2v) is 14.0. The van der Waals surface area contributed by atoms with Gasteiger partial charge in [0.05, 0.1) is 12.7 Å². The molecule has 3 aliphatic carbocycles. The summed E-state index contributed by atoms with van der Waals surface area (Å²) in [5.74, 6) is 10.5. The van der Waals surface area contributed by atoms with Gasteiger partial charge in [-0.05, 0) is 108 Å². The zero-order chi connectivity index (χ0) is 28.1. The maximum atomic E-state index is 13.5. The van der Waals surface area contributed by atoms with Crippen LogP contribution in [0.25, 0.3) is 0 Å². The van der Waals surface area contributed by atoms with Crippen molar-refractivity contribution in [1.29, 1.82) is 0 Å². The number of nitrogens with zero attached hydrogens (tertiary/aromatic N) is 1. The Balaban J connectivity index is 1.12. The van der Waals surface area contributed by atoms with Gasteiger partial charge in [-0.3, -0.25) is 9.63 Å². The summed E-state index contributed by atoms with van der Waals surface area (Å²) in [4.78, 5) is 19.7. The minimum Gasteiger partial charge on any atom is -0.396 e. The number of hydrogen-bond donors (Lipinski definition) is 4. The number of hydroxylamine groups is 2. The Morgan fingerprint density at radius 3 is 2.38 bits per heavy atom. The van der Waals surface area contributed by atoms with Gasteiger partial charge in [-0.15, -0.1) is 0 Å². The summed E-state index contributed by atoms with van der Waals surface area (Å²) in [6, 6.07) is 0.0934. The number of carbonyl (C=O) groups excluding carboxylic acids is 1. The molecular weight excluding hydrogens is 502 g/mol. The van der Waals surface area contributed by atoms with Crippen LogP contribution < -0.4 is 10.6 Å². The third-order valence-electron chi connectivity index (χ3n) is 11.0. The summed E-state index contributed by atoms with van der Waals surface area (Å²) in [5, 5.41) is 29.4. The molecule has 7 nitrogen and oxygen atoms in total. The Morgan fingerprint density at radius 1 is 1.02 bits per heavy atom. The first-order chi connectivity index (χ1) is 19.4. The number of nitrogens with one attached hydrogen (secondary N) is 2. The molecule has 1 amide bonds. The van der Waals surface area contributed by atoms with E-state index in [0.29, 0.717) is 42.8 Å². The highest BCUT2D eigenvalue weighted by molar-refractivity contribution is 5.82. The zero-order valence-corrected chi connectivity index (χ0v) is 25.0. The molecule has 7 heteroatoms. The fourth-order valence-electron chi connectivity index (χ4n) is 8.44. The molecule has 5 rings (SSSR count). The normalized spacial score (nSPS) is 41.1. The largest absolute Gasteiger partial charge is 0.396 e. The lowest BCUT2D eigenvalue weighted by Crippen LogP contribution is -2.49. The number of aliphatic hydroxyl groups is 2. The van der Waals surface area contributed by atoms with Crippen LogP contribution in [-0.4, -0.2) is 71.7 Å². The first-order valence-electron chi connectivity index (χ1n) is 16.7. The van der Waals surface area contributed by atoms with E-state index in [9.17, 15) is 15.0 Å². The van der Waals surface area contributed by atoms with E-state index in [1.165, 1.54) is 51.4 Å². The molecule has 0 aromatic heterocycles. The summed E-state index contributed by atoms with van der Waals surface area (Å²) in [7, 11) is 0. The van der Waals surface area contributed by atoms with E-state index >= 15 is 0 Å². The van der Waals surface area contributed by atoms with Crippen molar-refractivity contribution in [3.8, 4) is 11.8 Å². The fraction of sp³-hybridized carbons (Fsp3) is 0.909. The average molecular weight is 558 g/mol. The van der Waals surface area contributed by atoms with Crippen molar-refractivity contribution in [2.75, 3.05) is 26.2 Å². The average Bonchev–Trinajstić information content (AvgIpc) is 3.55. The van der Waals surface area contributed by atoms with Gasteiger partial charge in [-0.2, -0.15) is 5.06 Å². The quantitative estimate of drug-likeness (QED) is 0.339. The molecule has 0 aromatic rings. The predicted octanol–water partition coefficient (Wildman–Crippen LogP) is 3.88. The molecule has 40 heavy (non-hydrogen) atoms. The first-order valence-corrected chi connectivity index (χ1v) is 16.7. The maximum absolute atomic E-state index is 13.5. The molecule has 2 aliphatic heterocycles. The smallest absolute Gasteiger partial charge is 0.240 e. The number of aliphatic hydroxyl groups excluding tert-OH is 2. The lowest BCUT2D eigenvalue weighted by molar-refractivity contribution is -0.193. The van der Waals surface area contributed by atoms with E-state index in [1.807, 2.05) is 5.06 Å². The number of hydrogen-bond acceptors (Lipinski definition) is 6. The van der Waals surface area contributed by atoms with Crippen molar-refractivity contribution < 1.29 is 19.8 Å². The van der Waals surface area contributed by atoms with E-state index in [1.54, 1.807) is 6.92 Å². The minimum atomic E-state index is -0.751. The van der Waals surface area contributed by atoms with Crippen LogP contribution in [0.15, 0.2) is 0 Å². The number of carbonyl (C=O) groups is 1. The second-order valence-electron chi connectivity index (χ2n) is 14.0. The molecule has 0 radical (unpaired) electrons. The Morgan fingerprint density at radius 2 is 1.70 bits per heavy atom. The van der Waals surface area contributed by atoms with Crippen LogP contribution in [0.5, 0.6) is 0 Å². The third-order valence-corrected chi connectivity index (χ3v) is 11.0. The lowest BCUT2D eigenvalue weighted by atomic mass is 9.79. The van der Waals surface area contributed by atoms with Gasteiger partial charge in [0.25, 0.3) is 0 Å². The molecule has 3 saturated carbocycles. The molecule has 5 fully saturated rings. The van der Waals surface area contributed by atoms with Gasteiger partial charge < -0.3 is 20.8 Å². The number of fused-ring (bicyclic) bond motifs is 1. The highest BCUT2D eigenvalue weighted by Crippen LogP contribution is 2.37. The summed E-state index contributed by atoms with van der Waals surface area (Å²) in [6.45, 7) is 6.24. The van der Waals surface area contributed by atoms with Crippen LogP contribution in [-0.2, 0) is 9.63 Å². The summed E-state index contributed by atoms with van der Waals surface area (Å²) in [6.07, 6.45) is 14.4. The fourth-order valence-corrected chi connectivity index (χ4v) is 8.44. The van der Waals surface area contributed by atoms with Gasteiger partial charge in [0.15, 0.2) is 0 Å². The molecular formula is C33H55N3O4. The Hall–Kier alpha value is -1.17. The van der Waals surface area contributed by atoms with E-state index in [0.717, 1.165) is 50.5 Å². The molecule has 2 saturated heterocycles. The number of rotatable bonds is 8. The van der Waals surface area contributed by atoms with Crippen molar-refractivity contribution in [2.24, 2.45) is 41.4 Å². The van der Waals surface area contributed by atoms with Crippen LogP contribution >= 0.6 is 0 Å². The first kappa shape index (κ1) is 30.3. The van der Waals surface area contributed by atoms with E-state index < -0.39 is 24.2 Å². The van der Waals surface area contributed by atoms with Crippen LogP contribution in [0.4, 0.5) is 0 Å². The van der Waals surface area contributed by atoms with Gasteiger partial charge in [0.1, 0.15) is 12.1 Å². The number of amides is 1. The molecule has 2 heterocycles.